The Balaban J connectivity index is 2.02. The maximum absolute atomic E-state index is 11.2. The van der Waals surface area contributed by atoms with Gasteiger partial charge in [0, 0.05) is 18.1 Å². The highest BCUT2D eigenvalue weighted by Gasteiger charge is 2.23. The summed E-state index contributed by atoms with van der Waals surface area (Å²) in [5, 5.41) is 0.768. The predicted octanol–water partition coefficient (Wildman–Crippen LogP) is 2.35. The van der Waals surface area contributed by atoms with Crippen LogP contribution in [0.2, 0.25) is 5.02 Å². The molecule has 0 aliphatic carbocycles. The molecule has 1 saturated heterocycles. The number of nitrogens with zero attached hydrogens (tertiary/aromatic N) is 1. The van der Waals surface area contributed by atoms with Crippen molar-refractivity contribution >= 4 is 17.5 Å². The number of aryl methyl sites for hydroxylation is 1. The number of rotatable bonds is 3. The molecule has 1 fully saturated rings. The molecule has 1 amide bonds. The molecule has 0 spiro atoms. The Morgan fingerprint density at radius 2 is 2.33 bits per heavy atom. The number of hydrogen-bond acceptors (Lipinski definition) is 2. The van der Waals surface area contributed by atoms with Gasteiger partial charge in [0.25, 0.3) is 0 Å². The number of carbonyl (C=O) groups excluding carboxylic acids is 1. The Morgan fingerprint density at radius 1 is 1.56 bits per heavy atom. The van der Waals surface area contributed by atoms with E-state index in [0.717, 1.165) is 37.5 Å². The number of carbonyl (C=O) groups is 1. The fourth-order valence-electron chi connectivity index (χ4n) is 2.51. The van der Waals surface area contributed by atoms with E-state index in [4.69, 9.17) is 17.3 Å². The quantitative estimate of drug-likeness (QED) is 0.913. The molecule has 1 aromatic carbocycles. The van der Waals surface area contributed by atoms with Crippen LogP contribution in [0.4, 0.5) is 0 Å². The molecule has 3 nitrogen and oxygen atoms in total. The van der Waals surface area contributed by atoms with E-state index < -0.39 is 0 Å². The minimum Gasteiger partial charge on any atom is -0.369 e. The minimum atomic E-state index is -0.174. The van der Waals surface area contributed by atoms with Crippen molar-refractivity contribution in [3.8, 4) is 0 Å². The summed E-state index contributed by atoms with van der Waals surface area (Å²) in [6, 6.07) is 5.96. The van der Waals surface area contributed by atoms with E-state index in [-0.39, 0.29) is 11.8 Å². The molecule has 0 saturated carbocycles. The molecule has 0 radical (unpaired) electrons. The monoisotopic (exact) mass is 266 g/mol. The second kappa shape index (κ2) is 5.72. The summed E-state index contributed by atoms with van der Waals surface area (Å²) in [6.07, 6.45) is 1.96. The number of primary amides is 1. The van der Waals surface area contributed by atoms with E-state index in [0.29, 0.717) is 0 Å². The van der Waals surface area contributed by atoms with Gasteiger partial charge in [-0.1, -0.05) is 17.7 Å². The molecule has 18 heavy (non-hydrogen) atoms. The largest absolute Gasteiger partial charge is 0.369 e. The highest BCUT2D eigenvalue weighted by atomic mass is 35.5. The molecule has 2 rings (SSSR count). The second-order valence-electron chi connectivity index (χ2n) is 5.05. The lowest BCUT2D eigenvalue weighted by Crippen LogP contribution is -2.40. The summed E-state index contributed by atoms with van der Waals surface area (Å²) >= 11 is 5.95. The smallest absolute Gasteiger partial charge is 0.221 e. The lowest BCUT2D eigenvalue weighted by atomic mass is 9.96. The van der Waals surface area contributed by atoms with Gasteiger partial charge in [0.2, 0.25) is 5.91 Å². The second-order valence-corrected chi connectivity index (χ2v) is 5.48. The van der Waals surface area contributed by atoms with Crippen LogP contribution < -0.4 is 5.73 Å². The van der Waals surface area contributed by atoms with Crippen molar-refractivity contribution in [3.63, 3.8) is 0 Å². The van der Waals surface area contributed by atoms with Gasteiger partial charge < -0.3 is 5.73 Å². The average molecular weight is 267 g/mol. The first-order chi connectivity index (χ1) is 8.56. The van der Waals surface area contributed by atoms with Gasteiger partial charge in [-0.15, -0.1) is 0 Å². The summed E-state index contributed by atoms with van der Waals surface area (Å²) in [4.78, 5) is 13.5. The summed E-state index contributed by atoms with van der Waals surface area (Å²) in [5.41, 5.74) is 7.86. The molecule has 0 bridgehead atoms. The van der Waals surface area contributed by atoms with Gasteiger partial charge >= 0.3 is 0 Å². The Morgan fingerprint density at radius 3 is 3.00 bits per heavy atom. The predicted molar refractivity (Wildman–Crippen MR) is 73.4 cm³/mol. The van der Waals surface area contributed by atoms with Crippen LogP contribution in [0.3, 0.4) is 0 Å². The molecule has 1 heterocycles. The van der Waals surface area contributed by atoms with Crippen molar-refractivity contribution in [2.45, 2.75) is 26.3 Å². The molecular weight excluding hydrogens is 248 g/mol. The number of amides is 1. The lowest BCUT2D eigenvalue weighted by Gasteiger charge is -2.31. The summed E-state index contributed by atoms with van der Waals surface area (Å²) in [6.45, 7) is 4.74. The lowest BCUT2D eigenvalue weighted by molar-refractivity contribution is -0.123. The van der Waals surface area contributed by atoms with Gasteiger partial charge in [-0.3, -0.25) is 9.69 Å². The Hall–Kier alpha value is -1.06. The SMILES string of the molecule is Cc1cc(Cl)ccc1CN1CCC[C@H](C(N)=O)C1. The number of halogens is 1. The zero-order valence-electron chi connectivity index (χ0n) is 10.7. The third-order valence-electron chi connectivity index (χ3n) is 3.61. The number of benzene rings is 1. The van der Waals surface area contributed by atoms with Crippen LogP contribution in [0.5, 0.6) is 0 Å². The minimum absolute atomic E-state index is 0.00589. The summed E-state index contributed by atoms with van der Waals surface area (Å²) < 4.78 is 0. The van der Waals surface area contributed by atoms with E-state index in [1.165, 1.54) is 11.1 Å². The van der Waals surface area contributed by atoms with Crippen LogP contribution in [0.25, 0.3) is 0 Å². The van der Waals surface area contributed by atoms with Crippen molar-refractivity contribution in [1.29, 1.82) is 0 Å². The molecule has 2 N–H and O–H groups in total. The normalized spacial score (nSPS) is 20.9. The first-order valence-electron chi connectivity index (χ1n) is 6.33. The van der Waals surface area contributed by atoms with Crippen molar-refractivity contribution in [2.24, 2.45) is 11.7 Å². The van der Waals surface area contributed by atoms with Gasteiger partial charge in [-0.25, -0.2) is 0 Å². The number of piperidine rings is 1. The molecule has 1 aliphatic heterocycles. The molecule has 1 aromatic rings. The van der Waals surface area contributed by atoms with Gasteiger partial charge in [0.05, 0.1) is 5.92 Å². The van der Waals surface area contributed by atoms with Crippen molar-refractivity contribution in [1.82, 2.24) is 4.90 Å². The average Bonchev–Trinajstić information content (AvgIpc) is 2.33. The van der Waals surface area contributed by atoms with Crippen molar-refractivity contribution < 1.29 is 4.79 Å². The molecule has 98 valence electrons. The topological polar surface area (TPSA) is 46.3 Å². The molecule has 1 atom stereocenters. The van der Waals surface area contributed by atoms with Gasteiger partial charge in [-0.2, -0.15) is 0 Å². The van der Waals surface area contributed by atoms with E-state index in [9.17, 15) is 4.79 Å². The van der Waals surface area contributed by atoms with Crippen molar-refractivity contribution in [2.75, 3.05) is 13.1 Å². The van der Waals surface area contributed by atoms with E-state index in [1.807, 2.05) is 12.1 Å². The van der Waals surface area contributed by atoms with Crippen LogP contribution in [0.15, 0.2) is 18.2 Å². The summed E-state index contributed by atoms with van der Waals surface area (Å²) in [7, 11) is 0. The fraction of sp³-hybridized carbons (Fsp3) is 0.500. The van der Waals surface area contributed by atoms with Gasteiger partial charge in [0.15, 0.2) is 0 Å². The molecule has 0 unspecified atom stereocenters. The number of hydrogen-bond donors (Lipinski definition) is 1. The maximum Gasteiger partial charge on any atom is 0.221 e. The Kier molecular flexibility index (Phi) is 4.25. The molecular formula is C14H19ClN2O. The zero-order chi connectivity index (χ0) is 13.1. The number of likely N-dealkylation sites (tertiary alicyclic amines) is 1. The van der Waals surface area contributed by atoms with Crippen LogP contribution in [-0.2, 0) is 11.3 Å². The van der Waals surface area contributed by atoms with Crippen LogP contribution >= 0.6 is 11.6 Å². The van der Waals surface area contributed by atoms with Crippen molar-refractivity contribution in [3.05, 3.63) is 34.3 Å². The highest BCUT2D eigenvalue weighted by Crippen LogP contribution is 2.21. The highest BCUT2D eigenvalue weighted by molar-refractivity contribution is 6.30. The first-order valence-corrected chi connectivity index (χ1v) is 6.71. The van der Waals surface area contributed by atoms with E-state index in [2.05, 4.69) is 17.9 Å². The third-order valence-corrected chi connectivity index (χ3v) is 3.84. The van der Waals surface area contributed by atoms with Gasteiger partial charge in [0.1, 0.15) is 0 Å². The van der Waals surface area contributed by atoms with E-state index in [1.54, 1.807) is 0 Å². The molecule has 1 aliphatic rings. The fourth-order valence-corrected chi connectivity index (χ4v) is 2.74. The summed E-state index contributed by atoms with van der Waals surface area (Å²) in [5.74, 6) is -0.168. The number of nitrogens with two attached hydrogens (primary N) is 1. The first kappa shape index (κ1) is 13.4. The standard InChI is InChI=1S/C14H19ClN2O/c1-10-7-13(15)5-4-11(10)8-17-6-2-3-12(9-17)14(16)18/h4-5,7,12H,2-3,6,8-9H2,1H3,(H2,16,18)/t12-/m0/s1. The third kappa shape index (κ3) is 3.24. The molecule has 0 aromatic heterocycles. The molecule has 4 heteroatoms. The maximum atomic E-state index is 11.2. The Bertz CT molecular complexity index is 447. The Labute approximate surface area is 113 Å². The van der Waals surface area contributed by atoms with E-state index >= 15 is 0 Å². The van der Waals surface area contributed by atoms with Gasteiger partial charge in [-0.05, 0) is 49.6 Å². The van der Waals surface area contributed by atoms with Crippen LogP contribution in [0.1, 0.15) is 24.0 Å². The van der Waals surface area contributed by atoms with Crippen LogP contribution in [0, 0.1) is 12.8 Å². The van der Waals surface area contributed by atoms with Crippen LogP contribution in [-0.4, -0.2) is 23.9 Å². The zero-order valence-corrected chi connectivity index (χ0v) is 11.4.